The fourth-order valence-corrected chi connectivity index (χ4v) is 1.91. The maximum absolute atomic E-state index is 5.31. The first-order valence-corrected chi connectivity index (χ1v) is 5.48. The van der Waals surface area contributed by atoms with Gasteiger partial charge >= 0.3 is 0 Å². The number of aromatic nitrogens is 1. The molecule has 2 heterocycles. The lowest BCUT2D eigenvalue weighted by molar-refractivity contribution is 0.418. The Labute approximate surface area is 84.9 Å². The quantitative estimate of drug-likeness (QED) is 0.786. The Hall–Kier alpha value is -0.990. The summed E-state index contributed by atoms with van der Waals surface area (Å²) in [6.07, 6.45) is 4.62. The molecule has 0 spiro atoms. The van der Waals surface area contributed by atoms with Gasteiger partial charge in [0.15, 0.2) is 0 Å². The highest BCUT2D eigenvalue weighted by atomic mass is 16.5. The third-order valence-corrected chi connectivity index (χ3v) is 2.61. The van der Waals surface area contributed by atoms with Gasteiger partial charge in [-0.2, -0.15) is 0 Å². The van der Waals surface area contributed by atoms with Gasteiger partial charge in [-0.05, 0) is 31.6 Å². The number of anilines is 1. The van der Waals surface area contributed by atoms with Crippen LogP contribution in [0.15, 0.2) is 4.52 Å². The van der Waals surface area contributed by atoms with Gasteiger partial charge in [0, 0.05) is 12.1 Å². The zero-order chi connectivity index (χ0) is 9.97. The van der Waals surface area contributed by atoms with E-state index in [-0.39, 0.29) is 0 Å². The van der Waals surface area contributed by atoms with Crippen LogP contribution in [0.5, 0.6) is 0 Å². The molecular formula is C11H18N2O. The monoisotopic (exact) mass is 194 g/mol. The molecule has 78 valence electrons. The van der Waals surface area contributed by atoms with Gasteiger partial charge in [0.25, 0.3) is 0 Å². The predicted molar refractivity (Wildman–Crippen MR) is 56.5 cm³/mol. The van der Waals surface area contributed by atoms with E-state index < -0.39 is 0 Å². The van der Waals surface area contributed by atoms with Crippen molar-refractivity contribution in [1.29, 1.82) is 0 Å². The third-order valence-electron chi connectivity index (χ3n) is 2.61. The molecule has 3 heteroatoms. The molecule has 1 aliphatic rings. The van der Waals surface area contributed by atoms with E-state index in [1.807, 2.05) is 0 Å². The van der Waals surface area contributed by atoms with Crippen molar-refractivity contribution in [1.82, 2.24) is 5.16 Å². The van der Waals surface area contributed by atoms with Crippen molar-refractivity contribution in [2.24, 2.45) is 5.92 Å². The standard InChI is InChI=1S/C11H18N2O/c1-8(2)7-10-9-5-3-4-6-12-11(9)14-13-10/h8,12H,3-7H2,1-2H3. The van der Waals surface area contributed by atoms with E-state index in [0.717, 1.165) is 31.0 Å². The third kappa shape index (κ3) is 1.91. The molecule has 0 radical (unpaired) electrons. The number of nitrogens with one attached hydrogen (secondary N) is 1. The summed E-state index contributed by atoms with van der Waals surface area (Å²) in [7, 11) is 0. The van der Waals surface area contributed by atoms with E-state index in [0.29, 0.717) is 5.92 Å². The van der Waals surface area contributed by atoms with Crippen molar-refractivity contribution in [3.05, 3.63) is 11.3 Å². The van der Waals surface area contributed by atoms with Gasteiger partial charge < -0.3 is 9.84 Å². The van der Waals surface area contributed by atoms with Gasteiger partial charge in [0.05, 0.1) is 5.69 Å². The van der Waals surface area contributed by atoms with E-state index in [1.54, 1.807) is 0 Å². The Morgan fingerprint density at radius 2 is 2.29 bits per heavy atom. The molecule has 2 rings (SSSR count). The van der Waals surface area contributed by atoms with Gasteiger partial charge in [-0.1, -0.05) is 19.0 Å². The second kappa shape index (κ2) is 4.03. The smallest absolute Gasteiger partial charge is 0.228 e. The fraction of sp³-hybridized carbons (Fsp3) is 0.727. The first-order chi connectivity index (χ1) is 6.77. The molecule has 0 unspecified atom stereocenters. The molecule has 0 amide bonds. The molecule has 1 aromatic heterocycles. The van der Waals surface area contributed by atoms with Crippen LogP contribution in [0.2, 0.25) is 0 Å². The first-order valence-electron chi connectivity index (χ1n) is 5.48. The molecule has 0 aromatic carbocycles. The van der Waals surface area contributed by atoms with Gasteiger partial charge in [-0.25, -0.2) is 0 Å². The van der Waals surface area contributed by atoms with Crippen LogP contribution in [-0.2, 0) is 12.8 Å². The number of rotatable bonds is 2. The van der Waals surface area contributed by atoms with Gasteiger partial charge in [-0.15, -0.1) is 0 Å². The van der Waals surface area contributed by atoms with Crippen LogP contribution < -0.4 is 5.32 Å². The van der Waals surface area contributed by atoms with E-state index in [1.165, 1.54) is 18.4 Å². The Bertz CT molecular complexity index is 304. The van der Waals surface area contributed by atoms with Gasteiger partial charge in [0.2, 0.25) is 5.88 Å². The Kier molecular flexibility index (Phi) is 2.75. The van der Waals surface area contributed by atoms with Crippen molar-refractivity contribution in [3.8, 4) is 0 Å². The molecule has 0 fully saturated rings. The molecule has 0 aliphatic carbocycles. The zero-order valence-corrected chi connectivity index (χ0v) is 8.97. The van der Waals surface area contributed by atoms with E-state index in [9.17, 15) is 0 Å². The number of hydrogen-bond donors (Lipinski definition) is 1. The highest BCUT2D eigenvalue weighted by Gasteiger charge is 2.18. The molecular weight excluding hydrogens is 176 g/mol. The summed E-state index contributed by atoms with van der Waals surface area (Å²) in [6, 6.07) is 0. The predicted octanol–water partition coefficient (Wildman–Crippen LogP) is 2.62. The summed E-state index contributed by atoms with van der Waals surface area (Å²) in [5.74, 6) is 1.56. The lowest BCUT2D eigenvalue weighted by atomic mass is 10.0. The topological polar surface area (TPSA) is 38.1 Å². The minimum absolute atomic E-state index is 0.646. The molecule has 1 aliphatic heterocycles. The van der Waals surface area contributed by atoms with Crippen molar-refractivity contribution in [3.63, 3.8) is 0 Å². The van der Waals surface area contributed by atoms with Crippen LogP contribution in [0.1, 0.15) is 37.9 Å². The van der Waals surface area contributed by atoms with Crippen molar-refractivity contribution >= 4 is 5.88 Å². The Morgan fingerprint density at radius 1 is 1.43 bits per heavy atom. The lowest BCUT2D eigenvalue weighted by Crippen LogP contribution is -1.99. The molecule has 0 atom stereocenters. The van der Waals surface area contributed by atoms with Crippen LogP contribution in [0.4, 0.5) is 5.88 Å². The number of nitrogens with zero attached hydrogens (tertiary/aromatic N) is 1. The van der Waals surface area contributed by atoms with Gasteiger partial charge in [0.1, 0.15) is 0 Å². The first kappa shape index (κ1) is 9.56. The van der Waals surface area contributed by atoms with E-state index >= 15 is 0 Å². The minimum Gasteiger partial charge on any atom is -0.354 e. The number of fused-ring (bicyclic) bond motifs is 1. The van der Waals surface area contributed by atoms with Crippen molar-refractivity contribution in [2.45, 2.75) is 39.5 Å². The summed E-state index contributed by atoms with van der Waals surface area (Å²) in [5, 5.41) is 7.43. The van der Waals surface area contributed by atoms with Crippen LogP contribution in [0, 0.1) is 5.92 Å². The van der Waals surface area contributed by atoms with Crippen LogP contribution in [0.3, 0.4) is 0 Å². The van der Waals surface area contributed by atoms with Crippen LogP contribution in [0.25, 0.3) is 0 Å². The highest BCUT2D eigenvalue weighted by molar-refractivity contribution is 5.44. The molecule has 14 heavy (non-hydrogen) atoms. The Balaban J connectivity index is 2.20. The maximum atomic E-state index is 5.31. The lowest BCUT2D eigenvalue weighted by Gasteiger charge is -2.02. The summed E-state index contributed by atoms with van der Waals surface area (Å²) >= 11 is 0. The van der Waals surface area contributed by atoms with E-state index in [2.05, 4.69) is 24.3 Å². The molecule has 1 N–H and O–H groups in total. The molecule has 0 saturated carbocycles. The maximum Gasteiger partial charge on any atom is 0.228 e. The molecule has 0 saturated heterocycles. The van der Waals surface area contributed by atoms with E-state index in [4.69, 9.17) is 4.52 Å². The number of hydrogen-bond acceptors (Lipinski definition) is 3. The summed E-state index contributed by atoms with van der Waals surface area (Å²) in [5.41, 5.74) is 2.47. The SMILES string of the molecule is CC(C)Cc1noc2c1CCCCN2. The Morgan fingerprint density at radius 3 is 3.07 bits per heavy atom. The normalized spacial score (nSPS) is 16.2. The van der Waals surface area contributed by atoms with Crippen molar-refractivity contribution < 1.29 is 4.52 Å². The van der Waals surface area contributed by atoms with Gasteiger partial charge in [-0.3, -0.25) is 0 Å². The average Bonchev–Trinajstić information content (AvgIpc) is 2.37. The second-order valence-electron chi connectivity index (χ2n) is 4.42. The molecule has 0 bridgehead atoms. The molecule has 3 nitrogen and oxygen atoms in total. The zero-order valence-electron chi connectivity index (χ0n) is 8.97. The van der Waals surface area contributed by atoms with Crippen LogP contribution >= 0.6 is 0 Å². The average molecular weight is 194 g/mol. The fourth-order valence-electron chi connectivity index (χ4n) is 1.91. The summed E-state index contributed by atoms with van der Waals surface area (Å²) < 4.78 is 5.31. The summed E-state index contributed by atoms with van der Waals surface area (Å²) in [4.78, 5) is 0. The second-order valence-corrected chi connectivity index (χ2v) is 4.42. The molecule has 1 aromatic rings. The highest BCUT2D eigenvalue weighted by Crippen LogP contribution is 2.26. The summed E-state index contributed by atoms with van der Waals surface area (Å²) in [6.45, 7) is 5.44. The largest absolute Gasteiger partial charge is 0.354 e. The van der Waals surface area contributed by atoms with Crippen LogP contribution in [-0.4, -0.2) is 11.7 Å². The van der Waals surface area contributed by atoms with Crippen molar-refractivity contribution in [2.75, 3.05) is 11.9 Å². The minimum atomic E-state index is 0.646.